The Morgan fingerprint density at radius 3 is 2.19 bits per heavy atom. The summed E-state index contributed by atoms with van der Waals surface area (Å²) in [5.41, 5.74) is 0.702. The third-order valence-corrected chi connectivity index (χ3v) is 6.45. The SMILES string of the molecule is COc1ccc(C)cc1N(CC(=O)NC(C)(C)CC(C)(C)C)S(=O)(=O)c1ccccc1. The quantitative estimate of drug-likeness (QED) is 0.646. The van der Waals surface area contributed by atoms with Crippen molar-refractivity contribution < 1.29 is 17.9 Å². The molecule has 0 aliphatic heterocycles. The van der Waals surface area contributed by atoms with Crippen LogP contribution in [0.15, 0.2) is 53.4 Å². The summed E-state index contributed by atoms with van der Waals surface area (Å²) in [5, 5.41) is 3.00. The normalized spacial score (nSPS) is 12.4. The number of carbonyl (C=O) groups excluding carboxylic acids is 1. The minimum absolute atomic E-state index is 0.00629. The van der Waals surface area contributed by atoms with E-state index < -0.39 is 15.6 Å². The number of nitrogens with one attached hydrogen (secondary N) is 1. The summed E-state index contributed by atoms with van der Waals surface area (Å²) < 4.78 is 33.6. The van der Waals surface area contributed by atoms with E-state index in [1.54, 1.807) is 30.3 Å². The van der Waals surface area contributed by atoms with Crippen LogP contribution in [0.3, 0.4) is 0 Å². The fourth-order valence-corrected chi connectivity index (χ4v) is 5.38. The first-order valence-electron chi connectivity index (χ1n) is 10.3. The first-order chi connectivity index (χ1) is 14.2. The maximum Gasteiger partial charge on any atom is 0.264 e. The van der Waals surface area contributed by atoms with E-state index in [4.69, 9.17) is 4.74 Å². The Bertz CT molecular complexity index is 1010. The van der Waals surface area contributed by atoms with E-state index in [1.807, 2.05) is 26.8 Å². The van der Waals surface area contributed by atoms with Gasteiger partial charge in [-0.05, 0) is 62.4 Å². The summed E-state index contributed by atoms with van der Waals surface area (Å²) in [5.74, 6) is 0.00386. The number of amides is 1. The fourth-order valence-electron chi connectivity index (χ4n) is 3.93. The minimum atomic E-state index is -4.00. The molecule has 1 N–H and O–H groups in total. The lowest BCUT2D eigenvalue weighted by atomic mass is 9.82. The fraction of sp³-hybridized carbons (Fsp3) is 0.458. The van der Waals surface area contributed by atoms with Gasteiger partial charge in [0.15, 0.2) is 0 Å². The predicted octanol–water partition coefficient (Wildman–Crippen LogP) is 4.53. The van der Waals surface area contributed by atoms with Gasteiger partial charge in [0, 0.05) is 5.54 Å². The van der Waals surface area contributed by atoms with E-state index in [0.717, 1.165) is 16.3 Å². The number of methoxy groups -OCH3 is 1. The van der Waals surface area contributed by atoms with E-state index in [-0.39, 0.29) is 22.8 Å². The van der Waals surface area contributed by atoms with E-state index in [0.29, 0.717) is 11.4 Å². The Morgan fingerprint density at radius 2 is 1.65 bits per heavy atom. The molecule has 0 unspecified atom stereocenters. The van der Waals surface area contributed by atoms with Crippen LogP contribution < -0.4 is 14.4 Å². The first kappa shape index (κ1) is 24.7. The van der Waals surface area contributed by atoms with Crippen LogP contribution in [0.4, 0.5) is 5.69 Å². The van der Waals surface area contributed by atoms with Gasteiger partial charge >= 0.3 is 0 Å². The highest BCUT2D eigenvalue weighted by atomic mass is 32.2. The number of hydrogen-bond acceptors (Lipinski definition) is 4. The lowest BCUT2D eigenvalue weighted by Gasteiger charge is -2.34. The number of rotatable bonds is 8. The van der Waals surface area contributed by atoms with Crippen molar-refractivity contribution in [3.05, 3.63) is 54.1 Å². The van der Waals surface area contributed by atoms with Crippen LogP contribution in [-0.4, -0.2) is 33.5 Å². The van der Waals surface area contributed by atoms with Crippen LogP contribution in [0, 0.1) is 12.3 Å². The van der Waals surface area contributed by atoms with Crippen molar-refractivity contribution in [2.24, 2.45) is 5.41 Å². The number of anilines is 1. The van der Waals surface area contributed by atoms with Crippen molar-refractivity contribution in [1.82, 2.24) is 5.32 Å². The number of nitrogens with zero attached hydrogens (tertiary/aromatic N) is 1. The number of benzene rings is 2. The van der Waals surface area contributed by atoms with Crippen LogP contribution in [0.2, 0.25) is 0 Å². The largest absolute Gasteiger partial charge is 0.495 e. The first-order valence-corrected chi connectivity index (χ1v) is 11.7. The van der Waals surface area contributed by atoms with Crippen molar-refractivity contribution >= 4 is 21.6 Å². The molecule has 0 radical (unpaired) electrons. The number of aryl methyl sites for hydroxylation is 1. The third kappa shape index (κ3) is 6.72. The summed E-state index contributed by atoms with van der Waals surface area (Å²) in [7, 11) is -2.52. The molecule has 7 heteroatoms. The maximum atomic E-state index is 13.5. The Hall–Kier alpha value is -2.54. The molecule has 2 aromatic rings. The molecule has 0 atom stereocenters. The predicted molar refractivity (Wildman–Crippen MR) is 125 cm³/mol. The molecule has 6 nitrogen and oxygen atoms in total. The van der Waals surface area contributed by atoms with Crippen molar-refractivity contribution in [3.63, 3.8) is 0 Å². The minimum Gasteiger partial charge on any atom is -0.495 e. The standard InChI is InChI=1S/C24H34N2O4S/c1-18-13-14-21(30-7)20(15-18)26(31(28,29)19-11-9-8-10-12-19)16-22(27)25-24(5,6)17-23(2,3)4/h8-15H,16-17H2,1-7H3,(H,25,27). The van der Waals surface area contributed by atoms with Crippen LogP contribution in [0.5, 0.6) is 5.75 Å². The highest BCUT2D eigenvalue weighted by molar-refractivity contribution is 7.92. The van der Waals surface area contributed by atoms with Crippen molar-refractivity contribution in [1.29, 1.82) is 0 Å². The summed E-state index contributed by atoms with van der Waals surface area (Å²) in [4.78, 5) is 13.1. The van der Waals surface area contributed by atoms with E-state index in [2.05, 4.69) is 26.1 Å². The lowest BCUT2D eigenvalue weighted by Crippen LogP contribution is -2.50. The lowest BCUT2D eigenvalue weighted by molar-refractivity contribution is -0.121. The molecule has 0 aliphatic rings. The van der Waals surface area contributed by atoms with Crippen LogP contribution in [-0.2, 0) is 14.8 Å². The van der Waals surface area contributed by atoms with Crippen LogP contribution in [0.25, 0.3) is 0 Å². The van der Waals surface area contributed by atoms with E-state index in [9.17, 15) is 13.2 Å². The van der Waals surface area contributed by atoms with Crippen molar-refractivity contribution in [2.45, 2.75) is 58.4 Å². The maximum absolute atomic E-state index is 13.5. The number of hydrogen-bond donors (Lipinski definition) is 1. The van der Waals surface area contributed by atoms with Gasteiger partial charge in [-0.25, -0.2) is 8.42 Å². The van der Waals surface area contributed by atoms with Gasteiger partial charge in [0.25, 0.3) is 10.0 Å². The van der Waals surface area contributed by atoms with Gasteiger partial charge in [-0.3, -0.25) is 9.10 Å². The Kier molecular flexibility index (Phi) is 7.42. The molecule has 0 bridgehead atoms. The molecular weight excluding hydrogens is 412 g/mol. The molecule has 31 heavy (non-hydrogen) atoms. The van der Waals surface area contributed by atoms with Crippen molar-refractivity contribution in [2.75, 3.05) is 18.0 Å². The molecule has 1 amide bonds. The van der Waals surface area contributed by atoms with E-state index in [1.165, 1.54) is 19.2 Å². The second-order valence-corrected chi connectivity index (χ2v) is 11.5. The molecule has 0 saturated carbocycles. The third-order valence-electron chi connectivity index (χ3n) is 4.67. The average Bonchev–Trinajstić information content (AvgIpc) is 2.64. The second-order valence-electron chi connectivity index (χ2n) is 9.67. The van der Waals surface area contributed by atoms with Gasteiger partial charge in [0.05, 0.1) is 17.7 Å². The molecule has 0 fully saturated rings. The molecule has 170 valence electrons. The molecule has 2 aromatic carbocycles. The van der Waals surface area contributed by atoms with E-state index >= 15 is 0 Å². The summed E-state index contributed by atoms with van der Waals surface area (Å²) in [6, 6.07) is 13.4. The molecule has 0 spiro atoms. The summed E-state index contributed by atoms with van der Waals surface area (Å²) in [6.45, 7) is 11.7. The second kappa shape index (κ2) is 9.30. The molecule has 0 saturated heterocycles. The van der Waals surface area contributed by atoms with Gasteiger partial charge in [-0.2, -0.15) is 0 Å². The highest BCUT2D eigenvalue weighted by Gasteiger charge is 2.32. The van der Waals surface area contributed by atoms with Crippen molar-refractivity contribution in [3.8, 4) is 5.75 Å². The van der Waals surface area contributed by atoms with Gasteiger partial charge in [-0.1, -0.05) is 45.0 Å². The number of ether oxygens (including phenoxy) is 1. The van der Waals surface area contributed by atoms with Crippen LogP contribution in [0.1, 0.15) is 46.6 Å². The number of carbonyl (C=O) groups is 1. The average molecular weight is 447 g/mol. The zero-order valence-corrected chi connectivity index (χ0v) is 20.3. The molecule has 2 rings (SSSR count). The smallest absolute Gasteiger partial charge is 0.264 e. The van der Waals surface area contributed by atoms with Gasteiger partial charge in [0.1, 0.15) is 12.3 Å². The summed E-state index contributed by atoms with van der Waals surface area (Å²) in [6.07, 6.45) is 0.741. The zero-order chi connectivity index (χ0) is 23.4. The summed E-state index contributed by atoms with van der Waals surface area (Å²) >= 11 is 0. The monoisotopic (exact) mass is 446 g/mol. The Balaban J connectivity index is 2.47. The molecule has 0 aromatic heterocycles. The van der Waals surface area contributed by atoms with Gasteiger partial charge in [0.2, 0.25) is 5.91 Å². The number of sulfonamides is 1. The van der Waals surface area contributed by atoms with Gasteiger partial charge < -0.3 is 10.1 Å². The Morgan fingerprint density at radius 1 is 1.03 bits per heavy atom. The highest BCUT2D eigenvalue weighted by Crippen LogP contribution is 2.33. The molecule has 0 heterocycles. The molecule has 0 aliphatic carbocycles. The topological polar surface area (TPSA) is 75.7 Å². The zero-order valence-electron chi connectivity index (χ0n) is 19.5. The Labute approximate surface area is 186 Å². The van der Waals surface area contributed by atoms with Gasteiger partial charge in [-0.15, -0.1) is 0 Å². The molecular formula is C24H34N2O4S. The van der Waals surface area contributed by atoms with Crippen LogP contribution >= 0.6 is 0 Å².